The summed E-state index contributed by atoms with van der Waals surface area (Å²) in [5.41, 5.74) is -0.776. The van der Waals surface area contributed by atoms with E-state index in [-0.39, 0.29) is 25.5 Å². The molecule has 0 aliphatic carbocycles. The molecule has 4 N–H and O–H groups in total. The molecule has 27 heavy (non-hydrogen) atoms. The Balaban J connectivity index is 2.29. The van der Waals surface area contributed by atoms with Crippen molar-refractivity contribution in [1.82, 2.24) is 20.3 Å². The molecule has 0 unspecified atom stereocenters. The molecule has 1 fully saturated rings. The molecule has 0 spiro atoms. The molecule has 1 aliphatic rings. The third-order valence-electron chi connectivity index (χ3n) is 3.86. The van der Waals surface area contributed by atoms with E-state index in [9.17, 15) is 24.9 Å². The Morgan fingerprint density at radius 2 is 1.70 bits per heavy atom. The molecule has 0 aromatic carbocycles. The maximum Gasteiger partial charge on any atom is 0.362 e. The summed E-state index contributed by atoms with van der Waals surface area (Å²) in [7, 11) is 0. The number of hydrogen-bond acceptors (Lipinski definition) is 10. The number of terminal acetylenes is 2. The van der Waals surface area contributed by atoms with Crippen LogP contribution >= 0.6 is 0 Å². The van der Waals surface area contributed by atoms with E-state index in [0.29, 0.717) is 0 Å². The maximum atomic E-state index is 12.3. The first kappa shape index (κ1) is 20.4. The number of rotatable bonds is 7. The second-order valence-electron chi connectivity index (χ2n) is 5.57. The standard InChI is InChI=1S/C16H18N4O7/c1-3-5-26-15(24)11-12(16(25)27-6-4-2)20(19-18-11)7-9-13(22)14(23)10(8-21)17-9/h1-2,9-10,13-14,17,21-23H,5-8H2/t9-,10-,13-,14-/m1/s1. The molecule has 0 radical (unpaired) electrons. The van der Waals surface area contributed by atoms with Crippen molar-refractivity contribution >= 4 is 11.9 Å². The van der Waals surface area contributed by atoms with Gasteiger partial charge in [-0.25, -0.2) is 14.3 Å². The predicted molar refractivity (Wildman–Crippen MR) is 88.1 cm³/mol. The summed E-state index contributed by atoms with van der Waals surface area (Å²) >= 11 is 0. The highest BCUT2D eigenvalue weighted by molar-refractivity contribution is 6.00. The first-order valence-electron chi connectivity index (χ1n) is 7.82. The summed E-state index contributed by atoms with van der Waals surface area (Å²) < 4.78 is 10.6. The lowest BCUT2D eigenvalue weighted by atomic mass is 10.1. The molecule has 2 rings (SSSR count). The van der Waals surface area contributed by atoms with Crippen molar-refractivity contribution in [2.45, 2.75) is 30.8 Å². The van der Waals surface area contributed by atoms with Gasteiger partial charge in [0.15, 0.2) is 18.9 Å². The number of carbonyl (C=O) groups is 2. The van der Waals surface area contributed by atoms with E-state index in [2.05, 4.69) is 27.5 Å². The summed E-state index contributed by atoms with van der Waals surface area (Å²) in [6.45, 7) is -1.26. The van der Waals surface area contributed by atoms with E-state index in [1.807, 2.05) is 0 Å². The SMILES string of the molecule is C#CCOC(=O)c1nnn(C[C@H]2N[C@H](CO)[C@@H](O)[C@@H]2O)c1C(=O)OCC#C. The third kappa shape index (κ3) is 4.42. The first-order chi connectivity index (χ1) is 12.9. The van der Waals surface area contributed by atoms with E-state index in [1.165, 1.54) is 0 Å². The quantitative estimate of drug-likeness (QED) is 0.283. The van der Waals surface area contributed by atoms with Crippen molar-refractivity contribution < 1.29 is 34.4 Å². The van der Waals surface area contributed by atoms with Crippen molar-refractivity contribution in [3.05, 3.63) is 11.4 Å². The summed E-state index contributed by atoms with van der Waals surface area (Å²) in [4.78, 5) is 24.3. The van der Waals surface area contributed by atoms with Crippen LogP contribution in [0.5, 0.6) is 0 Å². The van der Waals surface area contributed by atoms with Crippen LogP contribution in [-0.4, -0.2) is 86.4 Å². The van der Waals surface area contributed by atoms with Crippen LogP contribution < -0.4 is 5.32 Å². The maximum absolute atomic E-state index is 12.3. The van der Waals surface area contributed by atoms with Crippen LogP contribution in [0.3, 0.4) is 0 Å². The zero-order valence-electron chi connectivity index (χ0n) is 14.1. The van der Waals surface area contributed by atoms with Crippen molar-refractivity contribution in [3.8, 4) is 24.7 Å². The van der Waals surface area contributed by atoms with E-state index in [1.54, 1.807) is 0 Å². The van der Waals surface area contributed by atoms with Crippen LogP contribution in [0.25, 0.3) is 0 Å². The zero-order valence-corrected chi connectivity index (χ0v) is 14.1. The minimum Gasteiger partial charge on any atom is -0.448 e. The van der Waals surface area contributed by atoms with Crippen LogP contribution in [0.2, 0.25) is 0 Å². The zero-order chi connectivity index (χ0) is 20.0. The molecule has 1 aromatic heterocycles. The van der Waals surface area contributed by atoms with Crippen molar-refractivity contribution in [1.29, 1.82) is 0 Å². The normalized spacial score (nSPS) is 24.0. The summed E-state index contributed by atoms with van der Waals surface area (Å²) in [6, 6.07) is -1.54. The second kappa shape index (κ2) is 9.12. The smallest absolute Gasteiger partial charge is 0.362 e. The number of aromatic nitrogens is 3. The third-order valence-corrected chi connectivity index (χ3v) is 3.86. The lowest BCUT2D eigenvalue weighted by Gasteiger charge is -2.16. The molecule has 144 valence electrons. The van der Waals surface area contributed by atoms with Crippen molar-refractivity contribution in [2.24, 2.45) is 0 Å². The van der Waals surface area contributed by atoms with Gasteiger partial charge in [0.1, 0.15) is 0 Å². The highest BCUT2D eigenvalue weighted by Gasteiger charge is 2.41. The average Bonchev–Trinajstić information content (AvgIpc) is 3.20. The van der Waals surface area contributed by atoms with Crippen LogP contribution in [0.1, 0.15) is 21.0 Å². The van der Waals surface area contributed by atoms with E-state index < -0.39 is 48.5 Å². The number of nitrogens with zero attached hydrogens (tertiary/aromatic N) is 3. The molecule has 0 bridgehead atoms. The van der Waals surface area contributed by atoms with Gasteiger partial charge in [-0.2, -0.15) is 0 Å². The molecule has 0 saturated carbocycles. The van der Waals surface area contributed by atoms with E-state index >= 15 is 0 Å². The van der Waals surface area contributed by atoms with Gasteiger partial charge in [-0.05, 0) is 0 Å². The Labute approximate surface area is 154 Å². The average molecular weight is 378 g/mol. The van der Waals surface area contributed by atoms with Gasteiger partial charge in [-0.3, -0.25) is 0 Å². The fraction of sp³-hybridized carbons (Fsp3) is 0.500. The summed E-state index contributed by atoms with van der Waals surface area (Å²) in [6.07, 6.45) is 7.61. The molecular weight excluding hydrogens is 360 g/mol. The highest BCUT2D eigenvalue weighted by atomic mass is 16.5. The molecule has 0 amide bonds. The molecule has 11 heteroatoms. The van der Waals surface area contributed by atoms with Gasteiger partial charge in [0.2, 0.25) is 5.69 Å². The lowest BCUT2D eigenvalue weighted by molar-refractivity contribution is 0.0173. The number of aliphatic hydroxyl groups is 3. The van der Waals surface area contributed by atoms with Crippen LogP contribution in [0.4, 0.5) is 0 Å². The molecule has 1 aromatic rings. The number of aliphatic hydroxyl groups excluding tert-OH is 3. The second-order valence-corrected chi connectivity index (χ2v) is 5.57. The van der Waals surface area contributed by atoms with Gasteiger partial charge >= 0.3 is 11.9 Å². The van der Waals surface area contributed by atoms with Gasteiger partial charge in [0.05, 0.1) is 37.4 Å². The predicted octanol–water partition coefficient (Wildman–Crippen LogP) is -3.09. The van der Waals surface area contributed by atoms with Gasteiger partial charge in [-0.15, -0.1) is 17.9 Å². The highest BCUT2D eigenvalue weighted by Crippen LogP contribution is 2.18. The van der Waals surface area contributed by atoms with Gasteiger partial charge < -0.3 is 30.1 Å². The Hall–Kier alpha value is -2.96. The summed E-state index contributed by atoms with van der Waals surface area (Å²) in [5, 5.41) is 39.3. The first-order valence-corrected chi connectivity index (χ1v) is 7.82. The molecule has 4 atom stereocenters. The number of esters is 2. The van der Waals surface area contributed by atoms with E-state index in [4.69, 9.17) is 22.3 Å². The van der Waals surface area contributed by atoms with Crippen LogP contribution in [-0.2, 0) is 16.0 Å². The number of nitrogens with one attached hydrogen (secondary N) is 1. The lowest BCUT2D eigenvalue weighted by Crippen LogP contribution is -2.39. The van der Waals surface area contributed by atoms with Crippen molar-refractivity contribution in [3.63, 3.8) is 0 Å². The van der Waals surface area contributed by atoms with Crippen molar-refractivity contribution in [2.75, 3.05) is 19.8 Å². The minimum atomic E-state index is -1.25. The Bertz CT molecular complexity index is 779. The van der Waals surface area contributed by atoms with Gasteiger partial charge in [0.25, 0.3) is 0 Å². The molecular formula is C16H18N4O7. The van der Waals surface area contributed by atoms with Gasteiger partial charge in [0, 0.05) is 0 Å². The molecule has 11 nitrogen and oxygen atoms in total. The topological polar surface area (TPSA) is 156 Å². The molecule has 1 aliphatic heterocycles. The van der Waals surface area contributed by atoms with Gasteiger partial charge in [-0.1, -0.05) is 17.1 Å². The Kier molecular flexibility index (Phi) is 6.87. The fourth-order valence-corrected chi connectivity index (χ4v) is 2.59. The van der Waals surface area contributed by atoms with E-state index in [0.717, 1.165) is 4.68 Å². The summed E-state index contributed by atoms with van der Waals surface area (Å²) in [5.74, 6) is 2.26. The largest absolute Gasteiger partial charge is 0.448 e. The molecule has 1 saturated heterocycles. The monoisotopic (exact) mass is 378 g/mol. The van der Waals surface area contributed by atoms with Crippen LogP contribution in [0.15, 0.2) is 0 Å². The number of carbonyl (C=O) groups excluding carboxylic acids is 2. The molecule has 2 heterocycles. The minimum absolute atomic E-state index is 0.162. The fourth-order valence-electron chi connectivity index (χ4n) is 2.59. The Morgan fingerprint density at radius 3 is 2.26 bits per heavy atom. The number of ether oxygens (including phenoxy) is 2. The number of hydrogen-bond donors (Lipinski definition) is 4. The van der Waals surface area contributed by atoms with Crippen LogP contribution in [0, 0.1) is 24.7 Å². The Morgan fingerprint density at radius 1 is 1.11 bits per heavy atom.